The molecule has 0 aliphatic heterocycles. The lowest BCUT2D eigenvalue weighted by atomic mass is 10.2. The van der Waals surface area contributed by atoms with Gasteiger partial charge in [0.15, 0.2) is 0 Å². The lowest BCUT2D eigenvalue weighted by Crippen LogP contribution is -2.13. The van der Waals surface area contributed by atoms with E-state index < -0.39 is 0 Å². The average Bonchev–Trinajstić information content (AvgIpc) is 2.37. The summed E-state index contributed by atoms with van der Waals surface area (Å²) in [6.45, 7) is 3.73. The Morgan fingerprint density at radius 2 is 1.79 bits per heavy atom. The van der Waals surface area contributed by atoms with Crippen LogP contribution in [0.4, 0.5) is 17.3 Å². The molecule has 5 nitrogen and oxygen atoms in total. The van der Waals surface area contributed by atoms with Crippen LogP contribution in [0.3, 0.4) is 0 Å². The van der Waals surface area contributed by atoms with E-state index in [2.05, 4.69) is 52.6 Å². The van der Waals surface area contributed by atoms with Crippen molar-refractivity contribution < 1.29 is 0 Å². The Balaban J connectivity index is 2.43. The molecule has 0 saturated heterocycles. The summed E-state index contributed by atoms with van der Waals surface area (Å²) >= 11 is 6.94. The summed E-state index contributed by atoms with van der Waals surface area (Å²) in [5, 5.41) is 3.27. The first-order valence-electron chi connectivity index (χ1n) is 5.55. The SMILES string of the molecule is Cc1nc(NN)c(C)c(Nc2cc(Br)ccc2Br)n1. The number of hydrazine groups is 1. The fraction of sp³-hybridized carbons (Fsp3) is 0.167. The standard InChI is InChI=1S/C12H13Br2N5/c1-6-11(16-7(2)17-12(6)19-15)18-10-5-8(13)3-4-9(10)14/h3-5H,15H2,1-2H3,(H2,16,17,18,19). The Morgan fingerprint density at radius 3 is 2.47 bits per heavy atom. The molecule has 0 spiro atoms. The highest BCUT2D eigenvalue weighted by molar-refractivity contribution is 9.11. The normalized spacial score (nSPS) is 10.4. The first-order valence-corrected chi connectivity index (χ1v) is 7.14. The Morgan fingerprint density at radius 1 is 1.11 bits per heavy atom. The van der Waals surface area contributed by atoms with Crippen LogP contribution in [-0.2, 0) is 0 Å². The molecule has 0 aliphatic carbocycles. The number of nitrogens with two attached hydrogens (primary N) is 1. The molecule has 1 aromatic carbocycles. The van der Waals surface area contributed by atoms with E-state index in [9.17, 15) is 0 Å². The number of hydrogen-bond donors (Lipinski definition) is 3. The molecule has 0 atom stereocenters. The van der Waals surface area contributed by atoms with E-state index >= 15 is 0 Å². The number of aryl methyl sites for hydroxylation is 1. The van der Waals surface area contributed by atoms with Gasteiger partial charge in [-0.3, -0.25) is 0 Å². The second-order valence-corrected chi connectivity index (χ2v) is 5.76. The minimum Gasteiger partial charge on any atom is -0.339 e. The van der Waals surface area contributed by atoms with Crippen molar-refractivity contribution in [3.05, 3.63) is 38.5 Å². The van der Waals surface area contributed by atoms with E-state index in [-0.39, 0.29) is 0 Å². The van der Waals surface area contributed by atoms with Gasteiger partial charge in [0.05, 0.1) is 5.69 Å². The zero-order valence-electron chi connectivity index (χ0n) is 10.5. The molecule has 0 bridgehead atoms. The third-order valence-corrected chi connectivity index (χ3v) is 3.76. The lowest BCUT2D eigenvalue weighted by Gasteiger charge is -2.13. The summed E-state index contributed by atoms with van der Waals surface area (Å²) in [5.74, 6) is 7.43. The minimum atomic E-state index is 0.612. The van der Waals surface area contributed by atoms with Gasteiger partial charge in [-0.2, -0.15) is 0 Å². The molecule has 0 radical (unpaired) electrons. The maximum absolute atomic E-state index is 5.45. The van der Waals surface area contributed by atoms with Crippen LogP contribution >= 0.6 is 31.9 Å². The molecule has 0 unspecified atom stereocenters. The third-order valence-electron chi connectivity index (χ3n) is 2.58. The number of rotatable bonds is 3. The van der Waals surface area contributed by atoms with Crippen molar-refractivity contribution in [2.24, 2.45) is 5.84 Å². The van der Waals surface area contributed by atoms with Gasteiger partial charge in [-0.1, -0.05) is 15.9 Å². The van der Waals surface area contributed by atoms with Gasteiger partial charge < -0.3 is 10.7 Å². The summed E-state index contributed by atoms with van der Waals surface area (Å²) in [7, 11) is 0. The van der Waals surface area contributed by atoms with E-state index in [1.165, 1.54) is 0 Å². The summed E-state index contributed by atoms with van der Waals surface area (Å²) in [6, 6.07) is 5.88. The van der Waals surface area contributed by atoms with Crippen LogP contribution in [0, 0.1) is 13.8 Å². The van der Waals surface area contributed by atoms with Gasteiger partial charge in [0.25, 0.3) is 0 Å². The predicted octanol–water partition coefficient (Wildman–Crippen LogP) is 3.65. The van der Waals surface area contributed by atoms with Gasteiger partial charge in [0.1, 0.15) is 17.5 Å². The van der Waals surface area contributed by atoms with Crippen LogP contribution in [0.1, 0.15) is 11.4 Å². The van der Waals surface area contributed by atoms with Crippen LogP contribution in [0.15, 0.2) is 27.1 Å². The van der Waals surface area contributed by atoms with E-state index in [0.29, 0.717) is 11.6 Å². The Hall–Kier alpha value is -1.18. The molecule has 1 aromatic heterocycles. The summed E-state index contributed by atoms with van der Waals surface area (Å²) in [5.41, 5.74) is 4.35. The van der Waals surface area contributed by atoms with Crippen molar-refractivity contribution in [1.29, 1.82) is 0 Å². The number of benzene rings is 1. The molecule has 0 aliphatic rings. The average molecular weight is 387 g/mol. The molecule has 0 saturated carbocycles. The molecule has 19 heavy (non-hydrogen) atoms. The molecule has 100 valence electrons. The van der Waals surface area contributed by atoms with Gasteiger partial charge in [-0.25, -0.2) is 15.8 Å². The number of nitrogen functional groups attached to an aromatic ring is 1. The monoisotopic (exact) mass is 385 g/mol. The van der Waals surface area contributed by atoms with Crippen molar-refractivity contribution >= 4 is 49.2 Å². The maximum atomic E-state index is 5.45. The van der Waals surface area contributed by atoms with Crippen molar-refractivity contribution in [3.8, 4) is 0 Å². The lowest BCUT2D eigenvalue weighted by molar-refractivity contribution is 1.03. The Kier molecular flexibility index (Phi) is 4.38. The number of anilines is 3. The smallest absolute Gasteiger partial charge is 0.148 e. The number of aromatic nitrogens is 2. The fourth-order valence-electron chi connectivity index (χ4n) is 1.61. The van der Waals surface area contributed by atoms with E-state index in [1.807, 2.05) is 32.0 Å². The highest BCUT2D eigenvalue weighted by Crippen LogP contribution is 2.30. The third kappa shape index (κ3) is 3.23. The summed E-state index contributed by atoms with van der Waals surface area (Å²) < 4.78 is 1.94. The molecule has 2 aromatic rings. The van der Waals surface area contributed by atoms with E-state index in [4.69, 9.17) is 5.84 Å². The first-order chi connectivity index (χ1) is 9.01. The number of halogens is 2. The van der Waals surface area contributed by atoms with E-state index in [1.54, 1.807) is 0 Å². The quantitative estimate of drug-likeness (QED) is 0.554. The number of hydrogen-bond acceptors (Lipinski definition) is 5. The summed E-state index contributed by atoms with van der Waals surface area (Å²) in [4.78, 5) is 8.62. The van der Waals surface area contributed by atoms with Crippen molar-refractivity contribution in [2.45, 2.75) is 13.8 Å². The largest absolute Gasteiger partial charge is 0.339 e. The van der Waals surface area contributed by atoms with Crippen LogP contribution in [0.2, 0.25) is 0 Å². The topological polar surface area (TPSA) is 75.9 Å². The zero-order valence-corrected chi connectivity index (χ0v) is 13.6. The highest BCUT2D eigenvalue weighted by Gasteiger charge is 2.10. The molecular formula is C12H13Br2N5. The van der Waals surface area contributed by atoms with E-state index in [0.717, 1.165) is 26.0 Å². The van der Waals surface area contributed by atoms with Crippen LogP contribution in [0.5, 0.6) is 0 Å². The van der Waals surface area contributed by atoms with Gasteiger partial charge >= 0.3 is 0 Å². The van der Waals surface area contributed by atoms with Crippen molar-refractivity contribution in [1.82, 2.24) is 9.97 Å². The second-order valence-electron chi connectivity index (χ2n) is 3.99. The van der Waals surface area contributed by atoms with Gasteiger partial charge in [0.2, 0.25) is 0 Å². The molecule has 2 rings (SSSR count). The first kappa shape index (κ1) is 14.2. The Bertz CT molecular complexity index is 615. The molecule has 0 amide bonds. The van der Waals surface area contributed by atoms with Crippen LogP contribution in [-0.4, -0.2) is 9.97 Å². The molecular weight excluding hydrogens is 374 g/mol. The number of nitrogens with one attached hydrogen (secondary N) is 2. The zero-order chi connectivity index (χ0) is 14.0. The minimum absolute atomic E-state index is 0.612. The van der Waals surface area contributed by atoms with Crippen LogP contribution < -0.4 is 16.6 Å². The molecule has 4 N–H and O–H groups in total. The van der Waals surface area contributed by atoms with Gasteiger partial charge in [0, 0.05) is 14.5 Å². The highest BCUT2D eigenvalue weighted by atomic mass is 79.9. The van der Waals surface area contributed by atoms with Crippen LogP contribution in [0.25, 0.3) is 0 Å². The predicted molar refractivity (Wildman–Crippen MR) is 84.4 cm³/mol. The van der Waals surface area contributed by atoms with Crippen molar-refractivity contribution in [3.63, 3.8) is 0 Å². The summed E-state index contributed by atoms with van der Waals surface area (Å²) in [6.07, 6.45) is 0. The molecule has 7 heteroatoms. The molecule has 1 heterocycles. The molecule has 0 fully saturated rings. The fourth-order valence-corrected chi connectivity index (χ4v) is 2.32. The van der Waals surface area contributed by atoms with Gasteiger partial charge in [-0.05, 0) is 48.0 Å². The Labute approximate surface area is 128 Å². The number of nitrogens with zero attached hydrogens (tertiary/aromatic N) is 2. The van der Waals surface area contributed by atoms with Gasteiger partial charge in [-0.15, -0.1) is 0 Å². The van der Waals surface area contributed by atoms with Crippen molar-refractivity contribution in [2.75, 3.05) is 10.7 Å². The second kappa shape index (κ2) is 5.85. The maximum Gasteiger partial charge on any atom is 0.148 e.